The molecule has 91 valence electrons. The Kier molecular flexibility index (Phi) is 2.72. The number of hydrogen-bond acceptors (Lipinski definition) is 2. The summed E-state index contributed by atoms with van der Waals surface area (Å²) in [5, 5.41) is 10.7. The molecule has 0 amide bonds. The van der Waals surface area contributed by atoms with Crippen molar-refractivity contribution in [3.63, 3.8) is 0 Å². The first-order valence-electron chi connectivity index (χ1n) is 6.12. The molecule has 3 heteroatoms. The maximum Gasteiger partial charge on any atom is 0.121 e. The molecule has 0 atom stereocenters. The third-order valence-electron chi connectivity index (χ3n) is 4.49. The summed E-state index contributed by atoms with van der Waals surface area (Å²) in [4.78, 5) is 0. The quantitative estimate of drug-likeness (QED) is 0.877. The molecule has 1 heterocycles. The van der Waals surface area contributed by atoms with E-state index >= 15 is 0 Å². The minimum Gasteiger partial charge on any atom is -0.258 e. The molecule has 2 aromatic rings. The summed E-state index contributed by atoms with van der Waals surface area (Å²) in [5.74, 6) is 0. The van der Waals surface area contributed by atoms with E-state index in [0.717, 1.165) is 17.5 Å². The summed E-state index contributed by atoms with van der Waals surface area (Å²) < 4.78 is 0. The van der Waals surface area contributed by atoms with Gasteiger partial charge in [0, 0.05) is 6.07 Å². The van der Waals surface area contributed by atoms with E-state index in [1.807, 2.05) is 6.07 Å². The number of aromatic nitrogens is 3. The van der Waals surface area contributed by atoms with Crippen molar-refractivity contribution in [2.75, 3.05) is 0 Å². The zero-order valence-electron chi connectivity index (χ0n) is 11.3. The zero-order valence-corrected chi connectivity index (χ0v) is 11.3. The first-order chi connectivity index (χ1) is 7.88. The Balaban J connectivity index is 2.51. The van der Waals surface area contributed by atoms with E-state index in [4.69, 9.17) is 0 Å². The lowest BCUT2D eigenvalue weighted by atomic mass is 9.63. The lowest BCUT2D eigenvalue weighted by Gasteiger charge is -2.41. The molecule has 0 fully saturated rings. The van der Waals surface area contributed by atoms with Crippen molar-refractivity contribution >= 4 is 11.0 Å². The molecule has 1 N–H and O–H groups in total. The van der Waals surface area contributed by atoms with E-state index in [1.54, 1.807) is 0 Å². The molecule has 0 saturated carbocycles. The Morgan fingerprint density at radius 2 is 1.94 bits per heavy atom. The van der Waals surface area contributed by atoms with Gasteiger partial charge in [0.15, 0.2) is 0 Å². The summed E-state index contributed by atoms with van der Waals surface area (Å²) in [6.07, 6.45) is 1.13. The van der Waals surface area contributed by atoms with Gasteiger partial charge in [-0.25, -0.2) is 0 Å². The van der Waals surface area contributed by atoms with E-state index in [2.05, 4.69) is 62.2 Å². The smallest absolute Gasteiger partial charge is 0.121 e. The van der Waals surface area contributed by atoms with Crippen LogP contribution in [-0.2, 0) is 5.41 Å². The fourth-order valence-corrected chi connectivity index (χ4v) is 1.95. The average Bonchev–Trinajstić information content (AvgIpc) is 2.75. The van der Waals surface area contributed by atoms with Crippen LogP contribution in [-0.4, -0.2) is 15.4 Å². The van der Waals surface area contributed by atoms with Crippen LogP contribution in [0.3, 0.4) is 0 Å². The molecule has 0 aliphatic carbocycles. The van der Waals surface area contributed by atoms with Gasteiger partial charge in [0.2, 0.25) is 0 Å². The maximum atomic E-state index is 4.04. The molecule has 1 aromatic heterocycles. The predicted molar refractivity (Wildman–Crippen MR) is 69.8 cm³/mol. The monoisotopic (exact) mass is 230 g/mol. The zero-order chi connectivity index (χ0) is 12.7. The largest absolute Gasteiger partial charge is 0.258 e. The summed E-state index contributed by atoms with van der Waals surface area (Å²) >= 11 is 0. The Labute approximate surface area is 103 Å². The minimum absolute atomic E-state index is 0.0644. The molecule has 1 aromatic carbocycles. The van der Waals surface area contributed by atoms with Gasteiger partial charge in [0.1, 0.15) is 5.52 Å². The van der Waals surface area contributed by atoms with Gasteiger partial charge >= 0.3 is 0 Å². The number of rotatable bonds is 3. The van der Waals surface area contributed by atoms with Crippen LogP contribution in [0.4, 0.5) is 0 Å². The lowest BCUT2D eigenvalue weighted by molar-refractivity contribution is 0.189. The van der Waals surface area contributed by atoms with Crippen LogP contribution in [0, 0.1) is 11.5 Å². The van der Waals surface area contributed by atoms with Gasteiger partial charge in [0.05, 0.1) is 5.52 Å². The predicted octanol–water partition coefficient (Wildman–Crippen LogP) is 3.47. The second-order valence-electron chi connectivity index (χ2n) is 5.81. The van der Waals surface area contributed by atoms with Gasteiger partial charge in [-0.1, -0.05) is 52.3 Å². The van der Waals surface area contributed by atoms with Crippen molar-refractivity contribution in [2.24, 2.45) is 5.41 Å². The van der Waals surface area contributed by atoms with E-state index in [1.165, 1.54) is 5.56 Å². The summed E-state index contributed by atoms with van der Waals surface area (Å²) in [7, 11) is 0. The molecule has 3 nitrogen and oxygen atoms in total. The van der Waals surface area contributed by atoms with E-state index in [0.29, 0.717) is 0 Å². The fraction of sp³-hybridized carbons (Fsp3) is 0.571. The summed E-state index contributed by atoms with van der Waals surface area (Å²) in [6, 6.07) is 7.54. The Morgan fingerprint density at radius 3 is 2.59 bits per heavy atom. The Morgan fingerprint density at radius 1 is 1.24 bits per heavy atom. The van der Waals surface area contributed by atoms with Gasteiger partial charge in [-0.15, -0.1) is 5.10 Å². The number of H-pyrrole nitrogens is 1. The minimum atomic E-state index is 0.0644. The number of fused-ring (bicyclic) bond motifs is 1. The van der Waals surface area contributed by atoms with E-state index in [9.17, 15) is 0 Å². The second kappa shape index (κ2) is 3.83. The second-order valence-corrected chi connectivity index (χ2v) is 5.81. The Bertz CT molecular complexity index is 523. The highest BCUT2D eigenvalue weighted by molar-refractivity contribution is 5.73. The summed E-state index contributed by atoms with van der Waals surface area (Å²) in [5.41, 5.74) is 3.25. The average molecular weight is 230 g/mol. The van der Waals surface area contributed by atoms with Crippen molar-refractivity contribution in [2.45, 2.75) is 46.5 Å². The number of nitrogens with zero attached hydrogens (tertiary/aromatic N) is 2. The molecule has 1 radical (unpaired) electrons. The molecule has 0 unspecified atom stereocenters. The molecule has 0 aliphatic heterocycles. The van der Waals surface area contributed by atoms with Gasteiger partial charge in [0.25, 0.3) is 0 Å². The van der Waals surface area contributed by atoms with E-state index in [-0.39, 0.29) is 10.8 Å². The van der Waals surface area contributed by atoms with Crippen molar-refractivity contribution in [3.8, 4) is 0 Å². The molecular weight excluding hydrogens is 210 g/mol. The first-order valence-corrected chi connectivity index (χ1v) is 6.12. The maximum absolute atomic E-state index is 4.04. The first kappa shape index (κ1) is 12.1. The molecule has 17 heavy (non-hydrogen) atoms. The SMILES string of the molecule is CCC(C)(C)C(C)(C)c1[c]c2nn[nH]c2cc1. The van der Waals surface area contributed by atoms with Crippen molar-refractivity contribution in [1.82, 2.24) is 15.4 Å². The summed E-state index contributed by atoms with van der Waals surface area (Å²) in [6.45, 7) is 11.4. The Hall–Kier alpha value is -1.38. The van der Waals surface area contributed by atoms with Crippen molar-refractivity contribution in [3.05, 3.63) is 23.8 Å². The van der Waals surface area contributed by atoms with Crippen LogP contribution in [0.5, 0.6) is 0 Å². The number of hydrogen-bond donors (Lipinski definition) is 1. The molecule has 0 aliphatic rings. The number of benzene rings is 1. The molecule has 0 bridgehead atoms. The van der Waals surface area contributed by atoms with Crippen LogP contribution in [0.15, 0.2) is 12.1 Å². The van der Waals surface area contributed by atoms with Gasteiger partial charge < -0.3 is 0 Å². The molecule has 2 rings (SSSR count). The third kappa shape index (κ3) is 1.84. The highest BCUT2D eigenvalue weighted by Gasteiger charge is 2.37. The molecular formula is C14H20N3. The van der Waals surface area contributed by atoms with Gasteiger partial charge in [-0.05, 0) is 22.5 Å². The van der Waals surface area contributed by atoms with Crippen LogP contribution in [0.25, 0.3) is 11.0 Å². The van der Waals surface area contributed by atoms with Crippen LogP contribution < -0.4 is 0 Å². The van der Waals surface area contributed by atoms with Crippen LogP contribution in [0.2, 0.25) is 0 Å². The highest BCUT2D eigenvalue weighted by Crippen LogP contribution is 2.43. The van der Waals surface area contributed by atoms with Crippen LogP contribution >= 0.6 is 0 Å². The third-order valence-corrected chi connectivity index (χ3v) is 4.49. The van der Waals surface area contributed by atoms with Crippen LogP contribution in [0.1, 0.15) is 46.6 Å². The fourth-order valence-electron chi connectivity index (χ4n) is 1.95. The number of nitrogens with one attached hydrogen (secondary N) is 1. The standard InChI is InChI=1S/C14H20N3/c1-6-13(2,3)14(4,5)10-7-8-11-12(9-10)16-17-15-11/h7-8H,6H2,1-5H3,(H,15,16,17). The molecule has 0 saturated heterocycles. The molecule has 0 spiro atoms. The normalized spacial score (nSPS) is 13.2. The highest BCUT2D eigenvalue weighted by atomic mass is 15.3. The van der Waals surface area contributed by atoms with Gasteiger partial charge in [-0.3, -0.25) is 5.10 Å². The lowest BCUT2D eigenvalue weighted by Crippen LogP contribution is -2.36. The van der Waals surface area contributed by atoms with E-state index < -0.39 is 0 Å². The van der Waals surface area contributed by atoms with Crippen molar-refractivity contribution in [1.29, 1.82) is 0 Å². The topological polar surface area (TPSA) is 41.6 Å². The van der Waals surface area contributed by atoms with Gasteiger partial charge in [-0.2, -0.15) is 0 Å². The number of aromatic amines is 1. The van der Waals surface area contributed by atoms with Crippen molar-refractivity contribution < 1.29 is 0 Å².